The van der Waals surface area contributed by atoms with E-state index < -0.39 is 16.1 Å². The molecule has 130 valence electrons. The first kappa shape index (κ1) is 17.1. The van der Waals surface area contributed by atoms with E-state index >= 15 is 0 Å². The molecule has 7 nitrogen and oxygen atoms in total. The first-order valence-electron chi connectivity index (χ1n) is 7.70. The van der Waals surface area contributed by atoms with Gasteiger partial charge >= 0.3 is 0 Å². The van der Waals surface area contributed by atoms with Crippen molar-refractivity contribution in [2.75, 3.05) is 11.6 Å². The normalized spacial score (nSPS) is 17.3. The fourth-order valence-corrected chi connectivity index (χ4v) is 3.63. The van der Waals surface area contributed by atoms with E-state index in [-0.39, 0.29) is 5.91 Å². The average Bonchev–Trinajstić information content (AvgIpc) is 3.01. The molecule has 0 spiro atoms. The van der Waals surface area contributed by atoms with Crippen molar-refractivity contribution in [2.45, 2.75) is 19.4 Å². The van der Waals surface area contributed by atoms with Gasteiger partial charge < -0.3 is 5.32 Å². The molecule has 25 heavy (non-hydrogen) atoms. The number of anilines is 1. The second-order valence-electron chi connectivity index (χ2n) is 5.82. The zero-order valence-corrected chi connectivity index (χ0v) is 14.7. The fraction of sp³-hybridized carbons (Fsp3) is 0.235. The highest BCUT2D eigenvalue weighted by atomic mass is 32.2. The van der Waals surface area contributed by atoms with Gasteiger partial charge in [-0.2, -0.15) is 9.52 Å². The number of benzene rings is 1. The van der Waals surface area contributed by atoms with Crippen molar-refractivity contribution in [3.63, 3.8) is 0 Å². The molecule has 1 atom stereocenters. The number of carbonyl (C=O) groups is 1. The summed E-state index contributed by atoms with van der Waals surface area (Å²) >= 11 is 0. The molecular formula is C17H18N4O3S. The summed E-state index contributed by atoms with van der Waals surface area (Å²) in [6.45, 7) is 1.43. The Bertz CT molecular complexity index is 926. The lowest BCUT2D eigenvalue weighted by Crippen LogP contribution is -2.26. The molecule has 3 rings (SSSR count). The predicted octanol–water partition coefficient (Wildman–Crippen LogP) is 2.15. The van der Waals surface area contributed by atoms with Crippen LogP contribution in [0.1, 0.15) is 30.6 Å². The second kappa shape index (κ2) is 6.64. The van der Waals surface area contributed by atoms with Crippen LogP contribution in [0.4, 0.5) is 5.69 Å². The van der Waals surface area contributed by atoms with Crippen LogP contribution in [0.2, 0.25) is 0 Å². The zero-order chi connectivity index (χ0) is 18.0. The Morgan fingerprint density at radius 2 is 2.04 bits per heavy atom. The highest BCUT2D eigenvalue weighted by molar-refractivity contribution is 7.88. The van der Waals surface area contributed by atoms with Crippen molar-refractivity contribution >= 4 is 27.3 Å². The van der Waals surface area contributed by atoms with E-state index in [4.69, 9.17) is 0 Å². The number of pyridine rings is 1. The van der Waals surface area contributed by atoms with Crippen LogP contribution in [0, 0.1) is 0 Å². The van der Waals surface area contributed by atoms with E-state index in [1.54, 1.807) is 36.5 Å². The second-order valence-corrected chi connectivity index (χ2v) is 7.66. The van der Waals surface area contributed by atoms with Crippen LogP contribution in [0.3, 0.4) is 0 Å². The van der Waals surface area contributed by atoms with E-state index in [0.717, 1.165) is 16.2 Å². The maximum Gasteiger partial charge on any atom is 0.247 e. The quantitative estimate of drug-likeness (QED) is 0.906. The van der Waals surface area contributed by atoms with Crippen LogP contribution in [0.15, 0.2) is 53.8 Å². The van der Waals surface area contributed by atoms with Crippen molar-refractivity contribution in [1.29, 1.82) is 0 Å². The Kier molecular flexibility index (Phi) is 4.54. The summed E-state index contributed by atoms with van der Waals surface area (Å²) in [7, 11) is -3.53. The van der Waals surface area contributed by atoms with Crippen LogP contribution < -0.4 is 5.32 Å². The van der Waals surface area contributed by atoms with Crippen molar-refractivity contribution in [2.24, 2.45) is 5.10 Å². The van der Waals surface area contributed by atoms with E-state index in [2.05, 4.69) is 15.4 Å². The molecule has 0 bridgehead atoms. The molecule has 1 aliphatic rings. The van der Waals surface area contributed by atoms with Gasteiger partial charge in [0.25, 0.3) is 0 Å². The van der Waals surface area contributed by atoms with Crippen molar-refractivity contribution in [3.05, 3.63) is 59.9 Å². The Balaban J connectivity index is 1.97. The lowest BCUT2D eigenvalue weighted by molar-refractivity contribution is -0.114. The van der Waals surface area contributed by atoms with Gasteiger partial charge in [-0.05, 0) is 29.8 Å². The Morgan fingerprint density at radius 3 is 2.68 bits per heavy atom. The fourth-order valence-electron chi connectivity index (χ4n) is 2.74. The minimum atomic E-state index is -3.53. The molecule has 0 aliphatic carbocycles. The maximum atomic E-state index is 12.1. The van der Waals surface area contributed by atoms with E-state index in [1.807, 2.05) is 12.1 Å². The molecule has 0 unspecified atom stereocenters. The van der Waals surface area contributed by atoms with Gasteiger partial charge in [0.1, 0.15) is 6.04 Å². The number of sulfonamides is 1. The van der Waals surface area contributed by atoms with Crippen LogP contribution in [-0.4, -0.2) is 35.7 Å². The third-order valence-electron chi connectivity index (χ3n) is 3.76. The summed E-state index contributed by atoms with van der Waals surface area (Å²) in [5.74, 6) is -0.172. The molecule has 2 aromatic rings. The molecule has 0 saturated heterocycles. The average molecular weight is 358 g/mol. The third kappa shape index (κ3) is 3.85. The zero-order valence-electron chi connectivity index (χ0n) is 13.9. The Hall–Kier alpha value is -2.74. The summed E-state index contributed by atoms with van der Waals surface area (Å²) in [6.07, 6.45) is 3.17. The molecule has 1 aromatic heterocycles. The van der Waals surface area contributed by atoms with Crippen LogP contribution in [-0.2, 0) is 14.8 Å². The van der Waals surface area contributed by atoms with Gasteiger partial charge in [-0.3, -0.25) is 9.78 Å². The highest BCUT2D eigenvalue weighted by Gasteiger charge is 2.35. The summed E-state index contributed by atoms with van der Waals surface area (Å²) in [6, 6.07) is 12.1. The van der Waals surface area contributed by atoms with Gasteiger partial charge in [-0.1, -0.05) is 18.2 Å². The van der Waals surface area contributed by atoms with Gasteiger partial charge in [0.05, 0.1) is 17.7 Å². The number of aromatic nitrogens is 1. The number of rotatable bonds is 4. The molecule has 0 saturated carbocycles. The topological polar surface area (TPSA) is 91.7 Å². The number of hydrazone groups is 1. The van der Waals surface area contributed by atoms with Gasteiger partial charge in [-0.15, -0.1) is 0 Å². The number of nitrogens with zero attached hydrogens (tertiary/aromatic N) is 3. The largest absolute Gasteiger partial charge is 0.326 e. The molecule has 1 N–H and O–H groups in total. The molecular weight excluding hydrogens is 340 g/mol. The van der Waals surface area contributed by atoms with Crippen LogP contribution >= 0.6 is 0 Å². The smallest absolute Gasteiger partial charge is 0.247 e. The number of nitrogens with one attached hydrogen (secondary N) is 1. The maximum absolute atomic E-state index is 12.1. The number of carbonyl (C=O) groups excluding carboxylic acids is 1. The summed E-state index contributed by atoms with van der Waals surface area (Å²) in [4.78, 5) is 15.5. The molecule has 1 aliphatic heterocycles. The Labute approximate surface area is 146 Å². The molecule has 1 aromatic carbocycles. The molecule has 8 heteroatoms. The van der Waals surface area contributed by atoms with Crippen molar-refractivity contribution < 1.29 is 13.2 Å². The van der Waals surface area contributed by atoms with E-state index in [0.29, 0.717) is 23.5 Å². The van der Waals surface area contributed by atoms with Gasteiger partial charge in [0.2, 0.25) is 15.9 Å². The third-order valence-corrected chi connectivity index (χ3v) is 4.77. The predicted molar refractivity (Wildman–Crippen MR) is 95.6 cm³/mol. The van der Waals surface area contributed by atoms with Crippen molar-refractivity contribution in [1.82, 2.24) is 9.40 Å². The number of amides is 1. The first-order valence-corrected chi connectivity index (χ1v) is 9.55. The molecule has 0 radical (unpaired) electrons. The lowest BCUT2D eigenvalue weighted by Gasteiger charge is -2.20. The Morgan fingerprint density at radius 1 is 1.24 bits per heavy atom. The molecule has 1 amide bonds. The first-order chi connectivity index (χ1) is 11.8. The van der Waals surface area contributed by atoms with E-state index in [1.165, 1.54) is 6.92 Å². The standard InChI is InChI=1S/C17H18N4O3S/c1-12(22)19-14-7-5-6-13(10-14)16-11-17(15-8-3-4-9-18-15)21(20-16)25(2,23)24/h3-10,17H,11H2,1-2H3,(H,19,22)/t17-/m0/s1. The SMILES string of the molecule is CC(=O)Nc1cccc(C2=NN(S(C)(=O)=O)[C@H](c3ccccn3)C2)c1. The minimum absolute atomic E-state index is 0.172. The lowest BCUT2D eigenvalue weighted by atomic mass is 10.0. The summed E-state index contributed by atoms with van der Waals surface area (Å²) in [5.41, 5.74) is 2.68. The minimum Gasteiger partial charge on any atom is -0.326 e. The highest BCUT2D eigenvalue weighted by Crippen LogP contribution is 2.33. The van der Waals surface area contributed by atoms with Gasteiger partial charge in [-0.25, -0.2) is 8.42 Å². The van der Waals surface area contributed by atoms with Crippen LogP contribution in [0.25, 0.3) is 0 Å². The molecule has 0 fully saturated rings. The van der Waals surface area contributed by atoms with Crippen LogP contribution in [0.5, 0.6) is 0 Å². The van der Waals surface area contributed by atoms with Gasteiger partial charge in [0, 0.05) is 25.2 Å². The van der Waals surface area contributed by atoms with E-state index in [9.17, 15) is 13.2 Å². The summed E-state index contributed by atoms with van der Waals surface area (Å²) in [5, 5.41) is 7.03. The summed E-state index contributed by atoms with van der Waals surface area (Å²) < 4.78 is 25.4. The molecule has 2 heterocycles. The number of hydrogen-bond acceptors (Lipinski definition) is 5. The number of hydrogen-bond donors (Lipinski definition) is 1. The van der Waals surface area contributed by atoms with Crippen molar-refractivity contribution in [3.8, 4) is 0 Å². The monoisotopic (exact) mass is 358 g/mol. The van der Waals surface area contributed by atoms with Gasteiger partial charge in [0.15, 0.2) is 0 Å².